The predicted molar refractivity (Wildman–Crippen MR) is 37.0 cm³/mol. The van der Waals surface area contributed by atoms with Crippen molar-refractivity contribution in [3.8, 4) is 0 Å². The second-order valence-electron chi connectivity index (χ2n) is 2.98. The lowest BCUT2D eigenvalue weighted by atomic mass is 9.85. The van der Waals surface area contributed by atoms with Crippen molar-refractivity contribution >= 4 is 5.97 Å². The molecule has 64 valence electrons. The number of hydrogen-bond acceptors (Lipinski definition) is 3. The van der Waals surface area contributed by atoms with E-state index in [1.807, 2.05) is 0 Å². The van der Waals surface area contributed by atoms with Gasteiger partial charge in [-0.25, -0.2) is 0 Å². The van der Waals surface area contributed by atoms with Gasteiger partial charge in [0.15, 0.2) is 0 Å². The molecule has 0 aromatic rings. The molecule has 3 N–H and O–H groups in total. The van der Waals surface area contributed by atoms with E-state index in [0.717, 1.165) is 0 Å². The molecule has 3 atom stereocenters. The summed E-state index contributed by atoms with van der Waals surface area (Å²) in [6.45, 7) is 0. The van der Waals surface area contributed by atoms with Crippen LogP contribution in [0.5, 0.6) is 0 Å². The molecule has 1 saturated carbocycles. The van der Waals surface area contributed by atoms with E-state index in [9.17, 15) is 4.79 Å². The Morgan fingerprint density at radius 3 is 2.27 bits per heavy atom. The van der Waals surface area contributed by atoms with E-state index in [0.29, 0.717) is 12.8 Å². The molecule has 1 aliphatic carbocycles. The molecule has 1 unspecified atom stereocenters. The number of carboxylic acid groups (broad SMARTS) is 1. The van der Waals surface area contributed by atoms with E-state index >= 15 is 0 Å². The molecular weight excluding hydrogens is 148 g/mol. The number of carbonyl (C=O) groups is 1. The van der Waals surface area contributed by atoms with Gasteiger partial charge in [-0.2, -0.15) is 0 Å². The van der Waals surface area contributed by atoms with Crippen molar-refractivity contribution in [1.29, 1.82) is 0 Å². The second kappa shape index (κ2) is 3.19. The van der Waals surface area contributed by atoms with Crippen molar-refractivity contribution in [1.82, 2.24) is 0 Å². The third-order valence-electron chi connectivity index (χ3n) is 2.13. The standard InChI is InChI=1S/C7H12O4/c8-5-2-1-4(7(10)11)3-6(5)9/h4-6,8-9H,1-3H2,(H,10,11)/t4-,5?,6-/m1/s1. The highest BCUT2D eigenvalue weighted by atomic mass is 16.4. The molecule has 4 nitrogen and oxygen atoms in total. The van der Waals surface area contributed by atoms with Gasteiger partial charge in [-0.05, 0) is 19.3 Å². The zero-order chi connectivity index (χ0) is 8.43. The molecule has 0 radical (unpaired) electrons. The SMILES string of the molecule is O=C(O)[C@@H]1CCC(O)[C@H](O)C1. The van der Waals surface area contributed by atoms with Crippen LogP contribution in [0.1, 0.15) is 19.3 Å². The van der Waals surface area contributed by atoms with Crippen LogP contribution in [-0.4, -0.2) is 33.5 Å². The molecule has 0 aromatic carbocycles. The fourth-order valence-corrected chi connectivity index (χ4v) is 1.36. The van der Waals surface area contributed by atoms with Crippen molar-refractivity contribution in [3.05, 3.63) is 0 Å². The molecule has 0 amide bonds. The zero-order valence-corrected chi connectivity index (χ0v) is 6.10. The van der Waals surface area contributed by atoms with Gasteiger partial charge in [0.2, 0.25) is 0 Å². The molecule has 0 saturated heterocycles. The average Bonchev–Trinajstić information content (AvgIpc) is 1.94. The third-order valence-corrected chi connectivity index (χ3v) is 2.13. The third kappa shape index (κ3) is 1.91. The maximum Gasteiger partial charge on any atom is 0.306 e. The van der Waals surface area contributed by atoms with Crippen molar-refractivity contribution < 1.29 is 20.1 Å². The second-order valence-corrected chi connectivity index (χ2v) is 2.98. The van der Waals surface area contributed by atoms with Gasteiger partial charge in [0.1, 0.15) is 0 Å². The van der Waals surface area contributed by atoms with Gasteiger partial charge >= 0.3 is 5.97 Å². The fraction of sp³-hybridized carbons (Fsp3) is 0.857. The first kappa shape index (κ1) is 8.49. The minimum atomic E-state index is -0.879. The van der Waals surface area contributed by atoms with Gasteiger partial charge < -0.3 is 15.3 Å². The number of aliphatic hydroxyl groups is 2. The molecule has 1 aliphatic rings. The summed E-state index contributed by atoms with van der Waals surface area (Å²) in [7, 11) is 0. The summed E-state index contributed by atoms with van der Waals surface area (Å²) >= 11 is 0. The molecule has 4 heteroatoms. The van der Waals surface area contributed by atoms with Crippen LogP contribution < -0.4 is 0 Å². The van der Waals surface area contributed by atoms with Crippen LogP contribution in [0.3, 0.4) is 0 Å². The van der Waals surface area contributed by atoms with Crippen molar-refractivity contribution in [2.75, 3.05) is 0 Å². The number of hydrogen-bond donors (Lipinski definition) is 3. The summed E-state index contributed by atoms with van der Waals surface area (Å²) in [5.41, 5.74) is 0. The van der Waals surface area contributed by atoms with Crippen LogP contribution in [0, 0.1) is 5.92 Å². The van der Waals surface area contributed by atoms with E-state index in [-0.39, 0.29) is 6.42 Å². The minimum Gasteiger partial charge on any atom is -0.481 e. The summed E-state index contributed by atoms with van der Waals surface area (Å²) in [6.07, 6.45) is -0.558. The van der Waals surface area contributed by atoms with Gasteiger partial charge in [-0.1, -0.05) is 0 Å². The van der Waals surface area contributed by atoms with E-state index in [1.165, 1.54) is 0 Å². The topological polar surface area (TPSA) is 77.8 Å². The smallest absolute Gasteiger partial charge is 0.306 e. The summed E-state index contributed by atoms with van der Waals surface area (Å²) in [5.74, 6) is -1.36. The number of rotatable bonds is 1. The van der Waals surface area contributed by atoms with Crippen molar-refractivity contribution in [2.45, 2.75) is 31.5 Å². The Labute approximate surface area is 64.5 Å². The Balaban J connectivity index is 2.46. The normalized spacial score (nSPS) is 38.5. The first-order chi connectivity index (χ1) is 5.11. The number of aliphatic hydroxyl groups excluding tert-OH is 2. The Morgan fingerprint density at radius 1 is 1.18 bits per heavy atom. The summed E-state index contributed by atoms with van der Waals surface area (Å²) in [4.78, 5) is 10.4. The average molecular weight is 160 g/mol. The van der Waals surface area contributed by atoms with Gasteiger partial charge in [0.05, 0.1) is 18.1 Å². The van der Waals surface area contributed by atoms with Crippen molar-refractivity contribution in [2.24, 2.45) is 5.92 Å². The molecule has 11 heavy (non-hydrogen) atoms. The van der Waals surface area contributed by atoms with Gasteiger partial charge in [0, 0.05) is 0 Å². The molecule has 1 rings (SSSR count). The lowest BCUT2D eigenvalue weighted by molar-refractivity contribution is -0.146. The van der Waals surface area contributed by atoms with Crippen LogP contribution in [-0.2, 0) is 4.79 Å². The van der Waals surface area contributed by atoms with Crippen LogP contribution in [0.2, 0.25) is 0 Å². The maximum absolute atomic E-state index is 10.4. The molecule has 0 bridgehead atoms. The molecule has 0 spiro atoms. The first-order valence-corrected chi connectivity index (χ1v) is 3.70. The predicted octanol–water partition coefficient (Wildman–Crippen LogP) is -0.407. The van der Waals surface area contributed by atoms with Crippen LogP contribution in [0.25, 0.3) is 0 Å². The van der Waals surface area contributed by atoms with Crippen LogP contribution in [0.4, 0.5) is 0 Å². The number of carboxylic acids is 1. The van der Waals surface area contributed by atoms with E-state index < -0.39 is 24.1 Å². The highest BCUT2D eigenvalue weighted by Crippen LogP contribution is 2.24. The zero-order valence-electron chi connectivity index (χ0n) is 6.10. The summed E-state index contributed by atoms with van der Waals surface area (Å²) in [6, 6.07) is 0. The molecule has 0 aliphatic heterocycles. The lowest BCUT2D eigenvalue weighted by Gasteiger charge is -2.27. The Hall–Kier alpha value is -0.610. The maximum atomic E-state index is 10.4. The largest absolute Gasteiger partial charge is 0.481 e. The molecule has 0 aromatic heterocycles. The fourth-order valence-electron chi connectivity index (χ4n) is 1.36. The summed E-state index contributed by atoms with van der Waals surface area (Å²) in [5, 5.41) is 26.7. The number of aliphatic carboxylic acids is 1. The molecular formula is C7H12O4. The quantitative estimate of drug-likeness (QED) is 0.487. The van der Waals surface area contributed by atoms with Crippen LogP contribution >= 0.6 is 0 Å². The van der Waals surface area contributed by atoms with Gasteiger partial charge in [-0.3, -0.25) is 4.79 Å². The molecule has 1 fully saturated rings. The Kier molecular flexibility index (Phi) is 2.46. The minimum absolute atomic E-state index is 0.177. The van der Waals surface area contributed by atoms with E-state index in [1.54, 1.807) is 0 Å². The van der Waals surface area contributed by atoms with E-state index in [2.05, 4.69) is 0 Å². The van der Waals surface area contributed by atoms with Gasteiger partial charge in [0.25, 0.3) is 0 Å². The Bertz CT molecular complexity index is 157. The summed E-state index contributed by atoms with van der Waals surface area (Å²) < 4.78 is 0. The van der Waals surface area contributed by atoms with E-state index in [4.69, 9.17) is 15.3 Å². The highest BCUT2D eigenvalue weighted by molar-refractivity contribution is 5.70. The van der Waals surface area contributed by atoms with Crippen molar-refractivity contribution in [3.63, 3.8) is 0 Å². The lowest BCUT2D eigenvalue weighted by Crippen LogP contribution is -2.36. The van der Waals surface area contributed by atoms with Crippen LogP contribution in [0.15, 0.2) is 0 Å². The monoisotopic (exact) mass is 160 g/mol. The highest BCUT2D eigenvalue weighted by Gasteiger charge is 2.31. The molecule has 0 heterocycles. The van der Waals surface area contributed by atoms with Gasteiger partial charge in [-0.15, -0.1) is 0 Å². The first-order valence-electron chi connectivity index (χ1n) is 3.70. The Morgan fingerprint density at radius 2 is 1.82 bits per heavy atom.